The Morgan fingerprint density at radius 1 is 0.800 bits per heavy atom. The molecule has 356 valence electrons. The van der Waals surface area contributed by atoms with E-state index in [1.807, 2.05) is 20.1 Å². The molecule has 1 fully saturated rings. The zero-order valence-corrected chi connectivity index (χ0v) is 38.3. The van der Waals surface area contributed by atoms with Gasteiger partial charge in [-0.05, 0) is 54.7 Å². The molecule has 20 nitrogen and oxygen atoms in total. The molecule has 3 rings (SSSR count). The van der Waals surface area contributed by atoms with Gasteiger partial charge in [0.1, 0.15) is 30.2 Å². The Kier molecular flexibility index (Phi) is 23.3. The van der Waals surface area contributed by atoms with Crippen LogP contribution in [-0.2, 0) is 51.2 Å². The van der Waals surface area contributed by atoms with E-state index in [-0.39, 0.29) is 83.1 Å². The number of amides is 8. The van der Waals surface area contributed by atoms with Crippen LogP contribution in [0.5, 0.6) is 0 Å². The van der Waals surface area contributed by atoms with Gasteiger partial charge in [0, 0.05) is 45.4 Å². The Bertz CT molecular complexity index is 1920. The van der Waals surface area contributed by atoms with E-state index in [9.17, 15) is 38.4 Å². The number of hydrogen-bond donors (Lipinski definition) is 10. The molecule has 0 unspecified atom stereocenters. The smallest absolute Gasteiger partial charge is 0.246 e. The molecule has 0 bridgehead atoms. The molecule has 0 aliphatic carbocycles. The van der Waals surface area contributed by atoms with Crippen LogP contribution < -0.4 is 54.4 Å². The molecular formula is C44H66N12O8S. The summed E-state index contributed by atoms with van der Waals surface area (Å²) >= 11 is 1.48. The van der Waals surface area contributed by atoms with Gasteiger partial charge in [-0.25, -0.2) is 0 Å². The van der Waals surface area contributed by atoms with Gasteiger partial charge in [-0.2, -0.15) is 11.8 Å². The predicted molar refractivity (Wildman–Crippen MR) is 249 cm³/mol. The second-order valence-electron chi connectivity index (χ2n) is 16.1. The normalized spacial score (nSPS) is 19.2. The van der Waals surface area contributed by atoms with E-state index in [1.165, 1.54) is 16.7 Å². The second-order valence-corrected chi connectivity index (χ2v) is 17.1. The van der Waals surface area contributed by atoms with Crippen molar-refractivity contribution in [3.63, 3.8) is 0 Å². The van der Waals surface area contributed by atoms with Gasteiger partial charge in [-0.3, -0.25) is 43.3 Å². The average Bonchev–Trinajstić information content (AvgIpc) is 3.26. The van der Waals surface area contributed by atoms with E-state index >= 15 is 0 Å². The molecule has 0 saturated carbocycles. The van der Waals surface area contributed by atoms with Gasteiger partial charge in [0.15, 0.2) is 5.96 Å². The van der Waals surface area contributed by atoms with E-state index in [4.69, 9.17) is 17.2 Å². The first-order valence-electron chi connectivity index (χ1n) is 21.7. The summed E-state index contributed by atoms with van der Waals surface area (Å²) < 4.78 is 0. The molecule has 1 aliphatic rings. The number of nitrogens with zero attached hydrogens (tertiary/aromatic N) is 2. The molecule has 2 aromatic rings. The topological polar surface area (TPSA) is 314 Å². The number of carbonyl (C=O) groups excluding carboxylic acids is 8. The maximum absolute atomic E-state index is 14.8. The molecule has 0 radical (unpaired) electrons. The number of aliphatic imine (C=N–C) groups is 1. The first-order valence-corrected chi connectivity index (χ1v) is 23.1. The summed E-state index contributed by atoms with van der Waals surface area (Å²) in [5.41, 5.74) is 17.9. The lowest BCUT2D eigenvalue weighted by molar-refractivity contribution is -0.140. The van der Waals surface area contributed by atoms with E-state index in [2.05, 4.69) is 42.2 Å². The molecule has 0 aromatic heterocycles. The van der Waals surface area contributed by atoms with Crippen molar-refractivity contribution in [2.45, 2.75) is 89.0 Å². The monoisotopic (exact) mass is 922 g/mol. The van der Waals surface area contributed by atoms with Crippen LogP contribution in [0.3, 0.4) is 0 Å². The Hall–Kier alpha value is -6.22. The highest BCUT2D eigenvalue weighted by atomic mass is 32.2. The summed E-state index contributed by atoms with van der Waals surface area (Å²) in [6.45, 7) is 2.90. The highest BCUT2D eigenvalue weighted by Gasteiger charge is 2.34. The summed E-state index contributed by atoms with van der Waals surface area (Å²) in [5.74, 6) is -4.73. The van der Waals surface area contributed by atoms with Crippen molar-refractivity contribution in [1.82, 2.24) is 42.1 Å². The number of nitrogens with two attached hydrogens (primary N) is 3. The number of guanidine groups is 1. The van der Waals surface area contributed by atoms with Gasteiger partial charge in [0.2, 0.25) is 47.3 Å². The highest BCUT2D eigenvalue weighted by molar-refractivity contribution is 7.98. The summed E-state index contributed by atoms with van der Waals surface area (Å²) in [6.07, 6.45) is 2.67. The van der Waals surface area contributed by atoms with E-state index < -0.39 is 84.0 Å². The summed E-state index contributed by atoms with van der Waals surface area (Å²) in [6, 6.07) is 12.1. The fourth-order valence-electron chi connectivity index (χ4n) is 6.89. The fraction of sp³-hybridized carbons (Fsp3) is 0.523. The molecule has 8 amide bonds. The Morgan fingerprint density at radius 2 is 1.42 bits per heavy atom. The minimum atomic E-state index is -1.30. The number of nitrogens with one attached hydrogen (secondary N) is 7. The first kappa shape index (κ1) is 53.1. The molecule has 0 spiro atoms. The molecule has 65 heavy (non-hydrogen) atoms. The number of thioether (sulfide) groups is 1. The highest BCUT2D eigenvalue weighted by Crippen LogP contribution is 2.12. The zero-order valence-electron chi connectivity index (χ0n) is 37.4. The van der Waals surface area contributed by atoms with Crippen molar-refractivity contribution in [2.24, 2.45) is 28.1 Å². The van der Waals surface area contributed by atoms with Gasteiger partial charge in [0.05, 0.1) is 13.1 Å². The SMILES string of the molecule is CSCC[C@H](NC(=O)[C@H](CC(C)C)NC(=O)CN1CCNC(=O)CCNCC(=O)N[C@@H](CCCN=C(N)N)C(=O)N[C@@H](Cc2ccccc2)C(=O)N[C@@H](Cc2ccccc2)C1=O)C(N)=O. The van der Waals surface area contributed by atoms with Crippen molar-refractivity contribution >= 4 is 65.0 Å². The third kappa shape index (κ3) is 20.4. The molecule has 1 heterocycles. The van der Waals surface area contributed by atoms with Crippen LogP contribution in [-0.4, -0.2) is 140 Å². The quantitative estimate of drug-likeness (QED) is 0.0423. The molecule has 5 atom stereocenters. The van der Waals surface area contributed by atoms with E-state index in [0.29, 0.717) is 23.3 Å². The van der Waals surface area contributed by atoms with Crippen LogP contribution in [0.2, 0.25) is 0 Å². The standard InChI is InChI=1S/C44H66N12O8S/c1-28(2)23-33(41(62)53-31(39(45)60)17-22-65-3)52-38(59)27-56-21-20-49-36(57)16-19-48-26-37(58)51-32(15-10-18-50-44(46)47)40(61)54-34(24-29-11-6-4-7-12-29)42(63)55-35(43(56)64)25-30-13-8-5-9-14-30/h4-9,11-14,28,31-35,48H,10,15-27H2,1-3H3,(H2,45,60)(H,49,57)(H,51,58)(H,52,59)(H,53,62)(H,54,61)(H,55,63)(H4,46,47,50)/t31-,32-,33-,34-,35-/m0/s1. The van der Waals surface area contributed by atoms with Crippen LogP contribution in [0.4, 0.5) is 0 Å². The minimum absolute atomic E-state index is 0.00618. The average molecular weight is 923 g/mol. The van der Waals surface area contributed by atoms with Crippen molar-refractivity contribution in [3.05, 3.63) is 71.8 Å². The van der Waals surface area contributed by atoms with Crippen LogP contribution in [0.25, 0.3) is 0 Å². The lowest BCUT2D eigenvalue weighted by Gasteiger charge is -2.30. The van der Waals surface area contributed by atoms with Gasteiger partial charge in [-0.1, -0.05) is 74.5 Å². The second kappa shape index (κ2) is 28.5. The number of primary amides is 1. The summed E-state index contributed by atoms with van der Waals surface area (Å²) in [5, 5.41) is 19.3. The molecule has 21 heteroatoms. The largest absolute Gasteiger partial charge is 0.370 e. The Balaban J connectivity index is 2.03. The van der Waals surface area contributed by atoms with Gasteiger partial charge < -0.3 is 59.3 Å². The number of hydrogen-bond acceptors (Lipinski definition) is 11. The van der Waals surface area contributed by atoms with Crippen molar-refractivity contribution in [1.29, 1.82) is 0 Å². The third-order valence-corrected chi connectivity index (χ3v) is 10.8. The molecule has 1 aliphatic heterocycles. The van der Waals surface area contributed by atoms with Crippen molar-refractivity contribution < 1.29 is 38.4 Å². The van der Waals surface area contributed by atoms with Crippen LogP contribution in [0.15, 0.2) is 65.7 Å². The van der Waals surface area contributed by atoms with Gasteiger partial charge >= 0.3 is 0 Å². The number of benzene rings is 2. The predicted octanol–water partition coefficient (Wildman–Crippen LogP) is -1.83. The molecule has 13 N–H and O–H groups in total. The Morgan fingerprint density at radius 3 is 2.02 bits per heavy atom. The lowest BCUT2D eigenvalue weighted by Crippen LogP contribution is -2.59. The first-order chi connectivity index (χ1) is 31.1. The maximum Gasteiger partial charge on any atom is 0.246 e. The van der Waals surface area contributed by atoms with Crippen molar-refractivity contribution in [3.8, 4) is 0 Å². The van der Waals surface area contributed by atoms with Crippen LogP contribution in [0.1, 0.15) is 57.1 Å². The maximum atomic E-state index is 14.8. The third-order valence-electron chi connectivity index (χ3n) is 10.2. The summed E-state index contributed by atoms with van der Waals surface area (Å²) in [7, 11) is 0. The number of carbonyl (C=O) groups is 8. The minimum Gasteiger partial charge on any atom is -0.370 e. The van der Waals surface area contributed by atoms with Crippen LogP contribution >= 0.6 is 11.8 Å². The number of rotatable bonds is 19. The van der Waals surface area contributed by atoms with Crippen molar-refractivity contribution in [2.75, 3.05) is 51.3 Å². The van der Waals surface area contributed by atoms with Crippen LogP contribution in [0, 0.1) is 5.92 Å². The fourth-order valence-corrected chi connectivity index (χ4v) is 7.36. The molecule has 2 aromatic carbocycles. The zero-order chi connectivity index (χ0) is 47.7. The van der Waals surface area contributed by atoms with E-state index in [0.717, 1.165) is 0 Å². The Labute approximate surface area is 384 Å². The molecule has 1 saturated heterocycles. The van der Waals surface area contributed by atoms with Gasteiger partial charge in [-0.15, -0.1) is 0 Å². The van der Waals surface area contributed by atoms with E-state index in [1.54, 1.807) is 60.7 Å². The lowest BCUT2D eigenvalue weighted by atomic mass is 10.0. The summed E-state index contributed by atoms with van der Waals surface area (Å²) in [4.78, 5) is 114. The van der Waals surface area contributed by atoms with Gasteiger partial charge in [0.25, 0.3) is 0 Å². The molecular weight excluding hydrogens is 857 g/mol.